The molecular weight excluding hydrogens is 379 g/mol. The molecule has 29 heavy (non-hydrogen) atoms. The van der Waals surface area contributed by atoms with E-state index in [4.69, 9.17) is 5.73 Å². The Kier molecular flexibility index (Phi) is 5.87. The van der Waals surface area contributed by atoms with E-state index in [1.54, 1.807) is 18.2 Å². The van der Waals surface area contributed by atoms with E-state index in [1.165, 1.54) is 24.3 Å². The zero-order chi connectivity index (χ0) is 21.0. The van der Waals surface area contributed by atoms with E-state index in [0.717, 1.165) is 41.6 Å². The van der Waals surface area contributed by atoms with Crippen LogP contribution in [0.15, 0.2) is 54.6 Å². The fourth-order valence-corrected chi connectivity index (χ4v) is 2.91. The Bertz CT molecular complexity index is 1060. The third-order valence-corrected chi connectivity index (χ3v) is 4.33. The summed E-state index contributed by atoms with van der Waals surface area (Å²) < 4.78 is 37.7. The number of hydrogen-bond donors (Lipinski definition) is 2. The summed E-state index contributed by atoms with van der Waals surface area (Å²) in [7, 11) is 0. The molecule has 1 heterocycles. The molecule has 0 aliphatic heterocycles. The second-order valence-electron chi connectivity index (χ2n) is 6.63. The number of hydrogen-bond acceptors (Lipinski definition) is 3. The van der Waals surface area contributed by atoms with Crippen molar-refractivity contribution in [2.75, 3.05) is 11.1 Å². The van der Waals surface area contributed by atoms with Gasteiger partial charge in [0.25, 0.3) is 0 Å². The van der Waals surface area contributed by atoms with Crippen LogP contribution in [-0.4, -0.2) is 10.9 Å². The molecule has 0 saturated carbocycles. The van der Waals surface area contributed by atoms with Crippen LogP contribution in [0.3, 0.4) is 0 Å². The van der Waals surface area contributed by atoms with Gasteiger partial charge in [-0.3, -0.25) is 9.78 Å². The Hall–Kier alpha value is -3.35. The number of rotatable bonds is 5. The molecular formula is C22H20F3N3O. The zero-order valence-corrected chi connectivity index (χ0v) is 15.8. The maximum atomic E-state index is 12.6. The van der Waals surface area contributed by atoms with E-state index >= 15 is 0 Å². The van der Waals surface area contributed by atoms with Crippen molar-refractivity contribution in [2.24, 2.45) is 0 Å². The number of anilines is 2. The molecule has 0 saturated heterocycles. The molecule has 150 valence electrons. The number of halogens is 3. The minimum Gasteiger partial charge on any atom is -0.398 e. The van der Waals surface area contributed by atoms with Gasteiger partial charge < -0.3 is 11.1 Å². The topological polar surface area (TPSA) is 68.0 Å². The maximum absolute atomic E-state index is 12.6. The summed E-state index contributed by atoms with van der Waals surface area (Å²) in [4.78, 5) is 16.7. The van der Waals surface area contributed by atoms with Crippen LogP contribution in [0.25, 0.3) is 17.0 Å². The van der Waals surface area contributed by atoms with Crippen molar-refractivity contribution in [3.05, 3.63) is 71.4 Å². The number of nitrogens with zero attached hydrogens (tertiary/aromatic N) is 1. The Morgan fingerprint density at radius 2 is 1.86 bits per heavy atom. The smallest absolute Gasteiger partial charge is 0.398 e. The molecule has 1 aromatic heterocycles. The molecule has 0 bridgehead atoms. The maximum Gasteiger partial charge on any atom is 0.416 e. The first-order valence-electron chi connectivity index (χ1n) is 9.12. The van der Waals surface area contributed by atoms with Gasteiger partial charge in [-0.25, -0.2) is 0 Å². The van der Waals surface area contributed by atoms with Gasteiger partial charge in [0.15, 0.2) is 0 Å². The molecule has 4 nitrogen and oxygen atoms in total. The minimum atomic E-state index is -4.39. The van der Waals surface area contributed by atoms with Crippen LogP contribution in [0.5, 0.6) is 0 Å². The monoisotopic (exact) mass is 399 g/mol. The molecule has 0 aliphatic carbocycles. The quantitative estimate of drug-likeness (QED) is 0.562. The lowest BCUT2D eigenvalue weighted by Crippen LogP contribution is -2.08. The summed E-state index contributed by atoms with van der Waals surface area (Å²) in [6.07, 6.45) is 0.136. The number of nitrogens with one attached hydrogen (secondary N) is 1. The number of nitrogen functional groups attached to an aromatic ring is 1. The van der Waals surface area contributed by atoms with E-state index in [2.05, 4.69) is 17.2 Å². The fraction of sp³-hybridized carbons (Fsp3) is 0.182. The molecule has 3 aromatic rings. The van der Waals surface area contributed by atoms with Crippen molar-refractivity contribution in [3.63, 3.8) is 0 Å². The Morgan fingerprint density at radius 3 is 2.52 bits per heavy atom. The van der Waals surface area contributed by atoms with Gasteiger partial charge in [-0.15, -0.1) is 0 Å². The van der Waals surface area contributed by atoms with Crippen LogP contribution in [-0.2, 0) is 17.4 Å². The van der Waals surface area contributed by atoms with Crippen molar-refractivity contribution < 1.29 is 18.0 Å². The predicted octanol–water partition coefficient (Wildman–Crippen LogP) is 5.44. The van der Waals surface area contributed by atoms with Crippen LogP contribution >= 0.6 is 0 Å². The SMILES string of the molecule is CCCc1cc(N)c2cc(NC(=O)C=Cc3ccc(C(F)(F)F)cc3)ccc2n1. The molecule has 0 fully saturated rings. The average molecular weight is 399 g/mol. The normalized spacial score (nSPS) is 11.9. The van der Waals surface area contributed by atoms with Crippen molar-refractivity contribution >= 4 is 34.3 Å². The number of carbonyl (C=O) groups excluding carboxylic acids is 1. The number of aromatic nitrogens is 1. The number of nitrogens with two attached hydrogens (primary N) is 1. The van der Waals surface area contributed by atoms with Gasteiger partial charge in [0.05, 0.1) is 11.1 Å². The highest BCUT2D eigenvalue weighted by Crippen LogP contribution is 2.29. The summed E-state index contributed by atoms with van der Waals surface area (Å²) in [5.74, 6) is -0.404. The number of aryl methyl sites for hydroxylation is 1. The third kappa shape index (κ3) is 5.13. The standard InChI is InChI=1S/C22H20F3N3O/c1-2-3-16-13-19(26)18-12-17(9-10-20(18)27-16)28-21(29)11-6-14-4-7-15(8-5-14)22(23,24)25/h4-13H,2-3H2,1H3,(H2,26,27)(H,28,29). The number of fused-ring (bicyclic) bond motifs is 1. The van der Waals surface area contributed by atoms with Crippen molar-refractivity contribution in [1.29, 1.82) is 0 Å². The average Bonchev–Trinajstić information content (AvgIpc) is 2.67. The number of pyridine rings is 1. The van der Waals surface area contributed by atoms with Crippen LogP contribution in [0.2, 0.25) is 0 Å². The van der Waals surface area contributed by atoms with Gasteiger partial charge in [-0.05, 0) is 54.5 Å². The van der Waals surface area contributed by atoms with E-state index in [1.807, 2.05) is 6.07 Å². The number of amides is 1. The molecule has 1 amide bonds. The van der Waals surface area contributed by atoms with Gasteiger partial charge >= 0.3 is 6.18 Å². The molecule has 7 heteroatoms. The molecule has 0 aliphatic rings. The number of carbonyl (C=O) groups is 1. The molecule has 0 radical (unpaired) electrons. The van der Waals surface area contributed by atoms with Crippen LogP contribution in [0, 0.1) is 0 Å². The lowest BCUT2D eigenvalue weighted by Gasteiger charge is -2.08. The lowest BCUT2D eigenvalue weighted by molar-refractivity contribution is -0.137. The predicted molar refractivity (Wildman–Crippen MR) is 109 cm³/mol. The van der Waals surface area contributed by atoms with Crippen LogP contribution < -0.4 is 11.1 Å². The van der Waals surface area contributed by atoms with E-state index in [-0.39, 0.29) is 0 Å². The largest absolute Gasteiger partial charge is 0.416 e. The summed E-state index contributed by atoms with van der Waals surface area (Å²) in [5.41, 5.74) is 8.70. The highest BCUT2D eigenvalue weighted by atomic mass is 19.4. The lowest BCUT2D eigenvalue weighted by atomic mass is 10.1. The fourth-order valence-electron chi connectivity index (χ4n) is 2.91. The van der Waals surface area contributed by atoms with Crippen molar-refractivity contribution in [2.45, 2.75) is 25.9 Å². The first-order chi connectivity index (χ1) is 13.8. The van der Waals surface area contributed by atoms with E-state index in [9.17, 15) is 18.0 Å². The Balaban J connectivity index is 1.71. The molecule has 2 aromatic carbocycles. The van der Waals surface area contributed by atoms with Crippen molar-refractivity contribution in [1.82, 2.24) is 4.98 Å². The zero-order valence-electron chi connectivity index (χ0n) is 15.8. The summed E-state index contributed by atoms with van der Waals surface area (Å²) in [6, 6.07) is 11.7. The summed E-state index contributed by atoms with van der Waals surface area (Å²) >= 11 is 0. The first kappa shape index (κ1) is 20.4. The number of benzene rings is 2. The molecule has 3 N–H and O–H groups in total. The van der Waals surface area contributed by atoms with Crippen molar-refractivity contribution in [3.8, 4) is 0 Å². The highest BCUT2D eigenvalue weighted by Gasteiger charge is 2.29. The van der Waals surface area contributed by atoms with Gasteiger partial charge in [0, 0.05) is 28.5 Å². The van der Waals surface area contributed by atoms with Crippen LogP contribution in [0.4, 0.5) is 24.5 Å². The van der Waals surface area contributed by atoms with Gasteiger partial charge in [0.1, 0.15) is 0 Å². The van der Waals surface area contributed by atoms with Gasteiger partial charge in [-0.2, -0.15) is 13.2 Å². The molecule has 0 unspecified atom stereocenters. The number of alkyl halides is 3. The molecule has 0 spiro atoms. The second kappa shape index (κ2) is 8.34. The minimum absolute atomic E-state index is 0.404. The van der Waals surface area contributed by atoms with Crippen LogP contribution in [0.1, 0.15) is 30.2 Å². The molecule has 0 atom stereocenters. The van der Waals surface area contributed by atoms with Gasteiger partial charge in [-0.1, -0.05) is 25.5 Å². The second-order valence-corrected chi connectivity index (χ2v) is 6.63. The van der Waals surface area contributed by atoms with Gasteiger partial charge in [0.2, 0.25) is 5.91 Å². The van der Waals surface area contributed by atoms with E-state index in [0.29, 0.717) is 16.9 Å². The summed E-state index contributed by atoms with van der Waals surface area (Å²) in [5, 5.41) is 3.46. The third-order valence-electron chi connectivity index (χ3n) is 4.33. The van der Waals surface area contributed by atoms with E-state index < -0.39 is 17.6 Å². The highest BCUT2D eigenvalue weighted by molar-refractivity contribution is 6.03. The Morgan fingerprint density at radius 1 is 1.14 bits per heavy atom. The Labute approximate surface area is 166 Å². The summed E-state index contributed by atoms with van der Waals surface area (Å²) in [6.45, 7) is 2.07. The molecule has 3 rings (SSSR count). The first-order valence-corrected chi connectivity index (χ1v) is 9.12.